The highest BCUT2D eigenvalue weighted by Crippen LogP contribution is 2.43. The number of morpholine rings is 1. The number of rotatable bonds is 7. The normalized spacial score (nSPS) is 15.8. The molecule has 0 spiro atoms. The van der Waals surface area contributed by atoms with Crippen LogP contribution in [0.25, 0.3) is 11.3 Å². The molecule has 10 nitrogen and oxygen atoms in total. The van der Waals surface area contributed by atoms with E-state index >= 15 is 0 Å². The first-order valence-corrected chi connectivity index (χ1v) is 9.92. The van der Waals surface area contributed by atoms with E-state index in [9.17, 15) is 0 Å². The number of nitriles is 1. The summed E-state index contributed by atoms with van der Waals surface area (Å²) < 4.78 is 17.3. The molecular weight excluding hydrogens is 422 g/mol. The quantitative estimate of drug-likeness (QED) is 0.506. The summed E-state index contributed by atoms with van der Waals surface area (Å²) in [5.74, 6) is 2.01. The molecule has 11 heteroatoms. The second-order valence-corrected chi connectivity index (χ2v) is 7.06. The molecular formula is C20H20ClN7O3. The van der Waals surface area contributed by atoms with Gasteiger partial charge in [-0.15, -0.1) is 0 Å². The fourth-order valence-electron chi connectivity index (χ4n) is 3.12. The van der Waals surface area contributed by atoms with Crippen LogP contribution in [0, 0.1) is 11.3 Å². The maximum Gasteiger partial charge on any atom is 0.158 e. The molecule has 1 aliphatic rings. The summed E-state index contributed by atoms with van der Waals surface area (Å²) in [5, 5.41) is 22.8. The minimum Gasteiger partial charge on any atom is -0.494 e. The van der Waals surface area contributed by atoms with Gasteiger partial charge in [0, 0.05) is 19.2 Å². The second kappa shape index (κ2) is 9.61. The summed E-state index contributed by atoms with van der Waals surface area (Å²) in [7, 11) is 1.55. The number of anilines is 2. The number of hydrogen-bond acceptors (Lipinski definition) is 9. The SMILES string of the molecule is COc1c(Cl)ccc(OCC2CNCCO2)c1-c1cc(Nc2cnc(C#N)cn2)n[nH]1. The van der Waals surface area contributed by atoms with E-state index in [0.29, 0.717) is 52.6 Å². The Bertz CT molecular complexity index is 1080. The third kappa shape index (κ3) is 4.86. The lowest BCUT2D eigenvalue weighted by molar-refractivity contribution is 0.000281. The van der Waals surface area contributed by atoms with Crippen LogP contribution in [0.3, 0.4) is 0 Å². The number of ether oxygens (including phenoxy) is 3. The predicted octanol–water partition coefficient (Wildman–Crippen LogP) is 2.51. The van der Waals surface area contributed by atoms with E-state index in [1.807, 2.05) is 6.07 Å². The van der Waals surface area contributed by atoms with Crippen LogP contribution in [0.15, 0.2) is 30.6 Å². The minimum absolute atomic E-state index is 0.0442. The minimum atomic E-state index is -0.0442. The third-order valence-corrected chi connectivity index (χ3v) is 4.87. The fourth-order valence-corrected chi connectivity index (χ4v) is 3.35. The van der Waals surface area contributed by atoms with Crippen molar-refractivity contribution in [2.75, 3.05) is 38.7 Å². The Labute approximate surface area is 183 Å². The summed E-state index contributed by atoms with van der Waals surface area (Å²) in [5.41, 5.74) is 1.52. The van der Waals surface area contributed by atoms with E-state index in [0.717, 1.165) is 13.1 Å². The Morgan fingerprint density at radius 2 is 2.23 bits per heavy atom. The van der Waals surface area contributed by atoms with E-state index in [-0.39, 0.29) is 11.8 Å². The first-order valence-electron chi connectivity index (χ1n) is 9.54. The molecule has 3 N–H and O–H groups in total. The number of aromatic nitrogens is 4. The van der Waals surface area contributed by atoms with Gasteiger partial charge >= 0.3 is 0 Å². The molecule has 1 aromatic carbocycles. The molecule has 1 atom stereocenters. The van der Waals surface area contributed by atoms with E-state index < -0.39 is 0 Å². The first kappa shape index (κ1) is 20.9. The molecule has 160 valence electrons. The van der Waals surface area contributed by atoms with Crippen LogP contribution in [0.1, 0.15) is 5.69 Å². The molecule has 1 saturated heterocycles. The predicted molar refractivity (Wildman–Crippen MR) is 114 cm³/mol. The Kier molecular flexibility index (Phi) is 6.47. The van der Waals surface area contributed by atoms with Gasteiger partial charge in [-0.3, -0.25) is 5.10 Å². The van der Waals surface area contributed by atoms with Crippen molar-refractivity contribution >= 4 is 23.2 Å². The van der Waals surface area contributed by atoms with Gasteiger partial charge in [-0.25, -0.2) is 9.97 Å². The van der Waals surface area contributed by atoms with Gasteiger partial charge in [0.25, 0.3) is 0 Å². The van der Waals surface area contributed by atoms with Gasteiger partial charge in [0.15, 0.2) is 17.3 Å². The Balaban J connectivity index is 1.58. The highest BCUT2D eigenvalue weighted by atomic mass is 35.5. The number of H-pyrrole nitrogens is 1. The van der Waals surface area contributed by atoms with Gasteiger partial charge in [0.2, 0.25) is 0 Å². The number of nitrogens with zero attached hydrogens (tertiary/aromatic N) is 4. The Hall–Kier alpha value is -3.39. The van der Waals surface area contributed by atoms with Gasteiger partial charge < -0.3 is 24.8 Å². The maximum absolute atomic E-state index is 8.84. The van der Waals surface area contributed by atoms with Crippen LogP contribution in [-0.2, 0) is 4.74 Å². The lowest BCUT2D eigenvalue weighted by atomic mass is 10.1. The molecule has 4 rings (SSSR count). The number of hydrogen-bond donors (Lipinski definition) is 3. The number of nitrogens with one attached hydrogen (secondary N) is 3. The molecule has 0 saturated carbocycles. The van der Waals surface area contributed by atoms with Crippen LogP contribution in [0.2, 0.25) is 5.02 Å². The number of methoxy groups -OCH3 is 1. The average Bonchev–Trinajstić information content (AvgIpc) is 3.27. The van der Waals surface area contributed by atoms with Crippen LogP contribution in [0.4, 0.5) is 11.6 Å². The van der Waals surface area contributed by atoms with Crippen molar-refractivity contribution in [2.45, 2.75) is 6.10 Å². The van der Waals surface area contributed by atoms with Crippen molar-refractivity contribution in [3.8, 4) is 28.8 Å². The molecule has 1 aliphatic heterocycles. The van der Waals surface area contributed by atoms with Gasteiger partial charge in [0.1, 0.15) is 30.3 Å². The lowest BCUT2D eigenvalue weighted by Gasteiger charge is -2.24. The highest BCUT2D eigenvalue weighted by Gasteiger charge is 2.21. The molecule has 3 heterocycles. The van der Waals surface area contributed by atoms with Gasteiger partial charge in [0.05, 0.1) is 42.4 Å². The third-order valence-electron chi connectivity index (χ3n) is 4.57. The molecule has 0 radical (unpaired) electrons. The van der Waals surface area contributed by atoms with Crippen molar-refractivity contribution in [3.05, 3.63) is 41.3 Å². The Morgan fingerprint density at radius 3 is 2.94 bits per heavy atom. The number of benzene rings is 1. The average molecular weight is 442 g/mol. The van der Waals surface area contributed by atoms with Gasteiger partial charge in [-0.2, -0.15) is 10.4 Å². The number of aromatic amines is 1. The maximum atomic E-state index is 8.84. The summed E-state index contributed by atoms with van der Waals surface area (Å²) in [6.45, 7) is 2.59. The zero-order valence-electron chi connectivity index (χ0n) is 16.7. The smallest absolute Gasteiger partial charge is 0.158 e. The summed E-state index contributed by atoms with van der Waals surface area (Å²) in [4.78, 5) is 8.11. The van der Waals surface area contributed by atoms with Gasteiger partial charge in [-0.05, 0) is 12.1 Å². The van der Waals surface area contributed by atoms with Crippen molar-refractivity contribution in [2.24, 2.45) is 0 Å². The zero-order chi connectivity index (χ0) is 21.6. The van der Waals surface area contributed by atoms with Crippen molar-refractivity contribution in [1.82, 2.24) is 25.5 Å². The van der Waals surface area contributed by atoms with Crippen LogP contribution in [-0.4, -0.2) is 59.7 Å². The van der Waals surface area contributed by atoms with Crippen molar-refractivity contribution < 1.29 is 14.2 Å². The standard InChI is InChI=1S/C20H20ClN7O3/c1-29-20-14(21)2-3-16(31-11-13-9-23-4-5-30-13)19(20)15-6-17(28-27-15)26-18-10-24-12(7-22)8-25-18/h2-3,6,8,10,13,23H,4-5,9,11H2,1H3,(H2,25,26,27,28). The van der Waals surface area contributed by atoms with E-state index in [1.54, 1.807) is 25.3 Å². The van der Waals surface area contributed by atoms with Crippen molar-refractivity contribution in [1.29, 1.82) is 5.26 Å². The summed E-state index contributed by atoms with van der Waals surface area (Å²) >= 11 is 6.36. The van der Waals surface area contributed by atoms with Crippen LogP contribution >= 0.6 is 11.6 Å². The fraction of sp³-hybridized carbons (Fsp3) is 0.300. The molecule has 2 aromatic heterocycles. The number of halogens is 1. The van der Waals surface area contributed by atoms with Crippen LogP contribution < -0.4 is 20.1 Å². The molecule has 1 fully saturated rings. The summed E-state index contributed by atoms with van der Waals surface area (Å²) in [6.07, 6.45) is 2.79. The van der Waals surface area contributed by atoms with E-state index in [1.165, 1.54) is 12.4 Å². The van der Waals surface area contributed by atoms with Gasteiger partial charge in [-0.1, -0.05) is 11.6 Å². The second-order valence-electron chi connectivity index (χ2n) is 6.65. The highest BCUT2D eigenvalue weighted by molar-refractivity contribution is 6.32. The first-order chi connectivity index (χ1) is 15.2. The molecule has 1 unspecified atom stereocenters. The van der Waals surface area contributed by atoms with Crippen molar-refractivity contribution in [3.63, 3.8) is 0 Å². The molecule has 31 heavy (non-hydrogen) atoms. The zero-order valence-corrected chi connectivity index (χ0v) is 17.4. The molecule has 3 aromatic rings. The monoisotopic (exact) mass is 441 g/mol. The van der Waals surface area contributed by atoms with E-state index in [2.05, 4.69) is 30.8 Å². The van der Waals surface area contributed by atoms with E-state index in [4.69, 9.17) is 31.1 Å². The largest absolute Gasteiger partial charge is 0.494 e. The Morgan fingerprint density at radius 1 is 1.32 bits per heavy atom. The molecule has 0 bridgehead atoms. The topological polar surface area (TPSA) is 130 Å². The lowest BCUT2D eigenvalue weighted by Crippen LogP contribution is -2.41. The summed E-state index contributed by atoms with van der Waals surface area (Å²) in [6, 6.07) is 7.22. The van der Waals surface area contributed by atoms with Crippen LogP contribution in [0.5, 0.6) is 11.5 Å². The molecule has 0 amide bonds. The molecule has 0 aliphatic carbocycles.